The van der Waals surface area contributed by atoms with Crippen molar-refractivity contribution < 1.29 is 19.4 Å². The zero-order valence-electron chi connectivity index (χ0n) is 15.2. The molecule has 0 saturated carbocycles. The number of hydrogen-bond acceptors (Lipinski definition) is 4. The van der Waals surface area contributed by atoms with Crippen molar-refractivity contribution >= 4 is 11.6 Å². The lowest BCUT2D eigenvalue weighted by Gasteiger charge is -2.47. The van der Waals surface area contributed by atoms with Gasteiger partial charge in [-0.3, -0.25) is 9.59 Å². The van der Waals surface area contributed by atoms with Crippen LogP contribution in [0.5, 0.6) is 5.75 Å². The van der Waals surface area contributed by atoms with Crippen LogP contribution in [0.3, 0.4) is 0 Å². The first kappa shape index (κ1) is 18.3. The summed E-state index contributed by atoms with van der Waals surface area (Å²) in [5, 5.41) is 8.87. The fraction of sp³-hybridized carbons (Fsp3) is 0.364. The first-order valence-electron chi connectivity index (χ1n) is 8.86. The molecule has 0 bridgehead atoms. The minimum Gasteiger partial charge on any atom is -0.491 e. The lowest BCUT2D eigenvalue weighted by Crippen LogP contribution is -2.49. The van der Waals surface area contributed by atoms with Crippen LogP contribution >= 0.6 is 0 Å². The zero-order chi connectivity index (χ0) is 18.9. The third-order valence-electron chi connectivity index (χ3n) is 5.64. The second kappa shape index (κ2) is 7.04. The van der Waals surface area contributed by atoms with Gasteiger partial charge in [0.2, 0.25) is 0 Å². The van der Waals surface area contributed by atoms with Crippen LogP contribution in [0.1, 0.15) is 31.7 Å². The van der Waals surface area contributed by atoms with Gasteiger partial charge in [0, 0.05) is 11.8 Å². The van der Waals surface area contributed by atoms with Gasteiger partial charge in [0.05, 0.1) is 12.0 Å². The fourth-order valence-corrected chi connectivity index (χ4v) is 4.22. The Kier molecular flexibility index (Phi) is 4.97. The molecule has 0 aromatic heterocycles. The van der Waals surface area contributed by atoms with Crippen molar-refractivity contribution in [2.75, 3.05) is 13.2 Å². The number of allylic oxidation sites excluding steroid dienone is 5. The van der Waals surface area contributed by atoms with Gasteiger partial charge in [0.1, 0.15) is 12.4 Å². The summed E-state index contributed by atoms with van der Waals surface area (Å²) in [6.45, 7) is 7.72. The molecule has 136 valence electrons. The summed E-state index contributed by atoms with van der Waals surface area (Å²) in [5.74, 6) is 0.133. The van der Waals surface area contributed by atoms with Crippen molar-refractivity contribution in [3.05, 3.63) is 65.8 Å². The summed E-state index contributed by atoms with van der Waals surface area (Å²) in [5.41, 5.74) is 1.65. The molecule has 0 unspecified atom stereocenters. The van der Waals surface area contributed by atoms with E-state index in [1.807, 2.05) is 37.3 Å². The normalized spacial score (nSPS) is 28.1. The summed E-state index contributed by atoms with van der Waals surface area (Å²) < 4.78 is 5.42. The highest BCUT2D eigenvalue weighted by Crippen LogP contribution is 2.54. The van der Waals surface area contributed by atoms with E-state index < -0.39 is 5.41 Å². The number of benzene rings is 1. The maximum atomic E-state index is 13.0. The number of rotatable bonds is 5. The van der Waals surface area contributed by atoms with Crippen molar-refractivity contribution in [2.24, 2.45) is 11.3 Å². The Labute approximate surface area is 153 Å². The van der Waals surface area contributed by atoms with Gasteiger partial charge in [0.15, 0.2) is 11.6 Å². The Morgan fingerprint density at radius 3 is 2.62 bits per heavy atom. The molecular formula is C22H24O4. The van der Waals surface area contributed by atoms with E-state index in [9.17, 15) is 9.59 Å². The third kappa shape index (κ3) is 2.84. The maximum Gasteiger partial charge on any atom is 0.163 e. The highest BCUT2D eigenvalue weighted by atomic mass is 16.5. The molecule has 1 aromatic rings. The molecule has 4 nitrogen and oxygen atoms in total. The molecule has 0 spiro atoms. The number of aliphatic hydroxyl groups excluding tert-OH is 1. The van der Waals surface area contributed by atoms with Crippen molar-refractivity contribution in [3.63, 3.8) is 0 Å². The van der Waals surface area contributed by atoms with Gasteiger partial charge >= 0.3 is 0 Å². The van der Waals surface area contributed by atoms with Crippen LogP contribution < -0.4 is 4.74 Å². The summed E-state index contributed by atoms with van der Waals surface area (Å²) >= 11 is 0. The SMILES string of the molecule is C=CC1=CC[C@H]2C(=O)C(C)=CC(=O)[C@@]2(C)[C@H]1c1ccc(OCCO)cc1. The molecule has 0 amide bonds. The number of hydrogen-bond donors (Lipinski definition) is 1. The Morgan fingerprint density at radius 2 is 2.00 bits per heavy atom. The van der Waals surface area contributed by atoms with E-state index in [0.717, 1.165) is 11.1 Å². The Balaban J connectivity index is 2.06. The van der Waals surface area contributed by atoms with Gasteiger partial charge in [0.25, 0.3) is 0 Å². The van der Waals surface area contributed by atoms with E-state index in [4.69, 9.17) is 9.84 Å². The highest BCUT2D eigenvalue weighted by Gasteiger charge is 2.54. The molecule has 1 aromatic carbocycles. The van der Waals surface area contributed by atoms with Crippen LogP contribution in [0, 0.1) is 11.3 Å². The van der Waals surface area contributed by atoms with Gasteiger partial charge in [-0.2, -0.15) is 0 Å². The van der Waals surface area contributed by atoms with Crippen LogP contribution in [0.4, 0.5) is 0 Å². The lowest BCUT2D eigenvalue weighted by molar-refractivity contribution is -0.137. The largest absolute Gasteiger partial charge is 0.491 e. The van der Waals surface area contributed by atoms with Gasteiger partial charge in [-0.15, -0.1) is 0 Å². The average molecular weight is 352 g/mol. The van der Waals surface area contributed by atoms with Gasteiger partial charge in [-0.05, 0) is 48.3 Å². The molecule has 0 aliphatic heterocycles. The smallest absolute Gasteiger partial charge is 0.163 e. The van der Waals surface area contributed by atoms with Crippen LogP contribution in [0.2, 0.25) is 0 Å². The second-order valence-corrected chi connectivity index (χ2v) is 7.11. The van der Waals surface area contributed by atoms with E-state index in [-0.39, 0.29) is 36.6 Å². The van der Waals surface area contributed by atoms with E-state index in [1.165, 1.54) is 6.08 Å². The standard InChI is InChI=1S/C22H24O4/c1-4-15-7-10-18-21(25)14(2)13-19(24)22(18,3)20(15)16-5-8-17(9-6-16)26-12-11-23/h4-9,13,18,20,23H,1,10-12H2,2-3H3/t18-,20+,22-/m0/s1. The van der Waals surface area contributed by atoms with Crippen molar-refractivity contribution in [1.82, 2.24) is 0 Å². The summed E-state index contributed by atoms with van der Waals surface area (Å²) in [6, 6.07) is 7.50. The number of carbonyl (C=O) groups excluding carboxylic acids is 2. The van der Waals surface area contributed by atoms with Crippen molar-refractivity contribution in [1.29, 1.82) is 0 Å². The Morgan fingerprint density at radius 1 is 1.31 bits per heavy atom. The topological polar surface area (TPSA) is 63.6 Å². The molecule has 26 heavy (non-hydrogen) atoms. The van der Waals surface area contributed by atoms with Gasteiger partial charge in [-0.25, -0.2) is 0 Å². The first-order chi connectivity index (χ1) is 12.4. The minimum atomic E-state index is -0.817. The predicted octanol–water partition coefficient (Wildman–Crippen LogP) is 3.38. The zero-order valence-corrected chi connectivity index (χ0v) is 15.2. The molecule has 0 radical (unpaired) electrons. The number of Topliss-reactive ketones (excluding diaryl/α,β-unsaturated/α-hetero) is 1. The van der Waals surface area contributed by atoms with Crippen LogP contribution in [0.25, 0.3) is 0 Å². The minimum absolute atomic E-state index is 0.00217. The number of fused-ring (bicyclic) bond motifs is 1. The summed E-state index contributed by atoms with van der Waals surface area (Å²) in [4.78, 5) is 25.8. The molecule has 0 fully saturated rings. The predicted molar refractivity (Wildman–Crippen MR) is 100 cm³/mol. The number of ether oxygens (including phenoxy) is 1. The van der Waals surface area contributed by atoms with E-state index in [0.29, 0.717) is 17.7 Å². The average Bonchev–Trinajstić information content (AvgIpc) is 2.64. The van der Waals surface area contributed by atoms with Crippen LogP contribution in [0.15, 0.2) is 60.2 Å². The number of aliphatic hydroxyl groups is 1. The number of ketones is 2. The number of carbonyl (C=O) groups is 2. The van der Waals surface area contributed by atoms with E-state index in [1.54, 1.807) is 13.0 Å². The van der Waals surface area contributed by atoms with Crippen LogP contribution in [-0.2, 0) is 9.59 Å². The molecule has 3 rings (SSSR count). The molecular weight excluding hydrogens is 328 g/mol. The first-order valence-corrected chi connectivity index (χ1v) is 8.86. The van der Waals surface area contributed by atoms with E-state index >= 15 is 0 Å². The third-order valence-corrected chi connectivity index (χ3v) is 5.64. The highest BCUT2D eigenvalue weighted by molar-refractivity contribution is 6.13. The van der Waals surface area contributed by atoms with E-state index in [2.05, 4.69) is 6.58 Å². The molecule has 4 heteroatoms. The van der Waals surface area contributed by atoms with Crippen molar-refractivity contribution in [2.45, 2.75) is 26.2 Å². The molecule has 0 heterocycles. The summed E-state index contributed by atoms with van der Waals surface area (Å²) in [6.07, 6.45) is 5.87. The maximum absolute atomic E-state index is 13.0. The molecule has 3 atom stereocenters. The Bertz CT molecular complexity index is 800. The summed E-state index contributed by atoms with van der Waals surface area (Å²) in [7, 11) is 0. The van der Waals surface area contributed by atoms with Crippen molar-refractivity contribution in [3.8, 4) is 5.75 Å². The molecule has 2 aliphatic rings. The molecule has 2 aliphatic carbocycles. The molecule has 1 N–H and O–H groups in total. The van der Waals surface area contributed by atoms with Gasteiger partial charge < -0.3 is 9.84 Å². The fourth-order valence-electron chi connectivity index (χ4n) is 4.22. The second-order valence-electron chi connectivity index (χ2n) is 7.11. The Hall–Kier alpha value is -2.46. The quantitative estimate of drug-likeness (QED) is 0.882. The van der Waals surface area contributed by atoms with Crippen LogP contribution in [-0.4, -0.2) is 29.9 Å². The van der Waals surface area contributed by atoms with Gasteiger partial charge in [-0.1, -0.05) is 37.8 Å². The molecule has 0 saturated heterocycles. The monoisotopic (exact) mass is 352 g/mol. The lowest BCUT2D eigenvalue weighted by atomic mass is 9.53.